The first-order chi connectivity index (χ1) is 11.2. The molecule has 1 saturated heterocycles. The maximum Gasteiger partial charge on any atom is 0.323 e. The van der Waals surface area contributed by atoms with Gasteiger partial charge in [-0.3, -0.25) is 10.00 Å². The normalized spacial score (nSPS) is 22.1. The van der Waals surface area contributed by atoms with Crippen molar-refractivity contribution in [2.45, 2.75) is 25.2 Å². The van der Waals surface area contributed by atoms with Gasteiger partial charge in [-0.25, -0.2) is 4.79 Å². The zero-order chi connectivity index (χ0) is 15.9. The number of hydrogen-bond donors (Lipinski definition) is 1. The van der Waals surface area contributed by atoms with Crippen LogP contribution in [-0.2, 0) is 7.05 Å². The minimum absolute atomic E-state index is 0.0155. The lowest BCUT2D eigenvalue weighted by Crippen LogP contribution is -2.39. The van der Waals surface area contributed by atoms with Gasteiger partial charge in [-0.1, -0.05) is 36.8 Å². The number of carbonyl (C=O) groups excluding carboxylic acids is 1. The van der Waals surface area contributed by atoms with E-state index >= 15 is 0 Å². The summed E-state index contributed by atoms with van der Waals surface area (Å²) in [6.45, 7) is 1.66. The Hall–Kier alpha value is -2.30. The van der Waals surface area contributed by atoms with Gasteiger partial charge in [0.25, 0.3) is 0 Å². The van der Waals surface area contributed by atoms with E-state index in [4.69, 9.17) is 0 Å². The van der Waals surface area contributed by atoms with Crippen molar-refractivity contribution >= 4 is 11.8 Å². The number of rotatable bonds is 2. The summed E-state index contributed by atoms with van der Waals surface area (Å²) >= 11 is 0. The van der Waals surface area contributed by atoms with E-state index in [1.807, 2.05) is 18.0 Å². The van der Waals surface area contributed by atoms with E-state index in [0.29, 0.717) is 5.92 Å². The number of benzene rings is 1. The van der Waals surface area contributed by atoms with Gasteiger partial charge in [-0.15, -0.1) is 0 Å². The molecule has 0 unspecified atom stereocenters. The van der Waals surface area contributed by atoms with Crippen molar-refractivity contribution in [3.8, 4) is 0 Å². The van der Waals surface area contributed by atoms with Gasteiger partial charge in [0.05, 0.1) is 6.20 Å². The number of likely N-dealkylation sites (tertiary alicyclic amines) is 1. The van der Waals surface area contributed by atoms with E-state index in [1.54, 1.807) is 10.9 Å². The molecule has 1 aliphatic carbocycles. The van der Waals surface area contributed by atoms with Crippen LogP contribution in [0.5, 0.6) is 0 Å². The summed E-state index contributed by atoms with van der Waals surface area (Å²) in [5.41, 5.74) is 1.65. The van der Waals surface area contributed by atoms with Crippen molar-refractivity contribution in [1.82, 2.24) is 14.7 Å². The Labute approximate surface area is 136 Å². The molecule has 5 heteroatoms. The molecule has 2 heterocycles. The molecule has 1 saturated carbocycles. The van der Waals surface area contributed by atoms with Crippen LogP contribution in [0.2, 0.25) is 0 Å². The third kappa shape index (κ3) is 2.40. The Morgan fingerprint density at radius 3 is 2.65 bits per heavy atom. The fourth-order valence-electron chi connectivity index (χ4n) is 4.09. The topological polar surface area (TPSA) is 50.2 Å². The molecule has 2 aliphatic rings. The second-order valence-corrected chi connectivity index (χ2v) is 6.83. The number of amides is 2. The second-order valence-electron chi connectivity index (χ2n) is 6.83. The average molecular weight is 310 g/mol. The number of nitrogens with one attached hydrogen (secondary N) is 1. The first kappa shape index (κ1) is 14.3. The molecular formula is C18H22N4O. The highest BCUT2D eigenvalue weighted by atomic mass is 16.2. The summed E-state index contributed by atoms with van der Waals surface area (Å²) in [7, 11) is 1.83. The summed E-state index contributed by atoms with van der Waals surface area (Å²) in [6, 6.07) is 12.5. The molecule has 2 amide bonds. The molecule has 1 spiro atoms. The van der Waals surface area contributed by atoms with Gasteiger partial charge in [-0.05, 0) is 23.8 Å². The van der Waals surface area contributed by atoms with Crippen molar-refractivity contribution in [2.75, 3.05) is 18.4 Å². The van der Waals surface area contributed by atoms with Gasteiger partial charge in [0.1, 0.15) is 5.82 Å². The fraction of sp³-hybridized carbons (Fsp3) is 0.444. The Kier molecular flexibility index (Phi) is 3.36. The molecule has 2 aromatic rings. The fourth-order valence-corrected chi connectivity index (χ4v) is 4.09. The molecule has 1 atom stereocenters. The number of nitrogens with zero attached hydrogens (tertiary/aromatic N) is 3. The Morgan fingerprint density at radius 1 is 1.26 bits per heavy atom. The first-order valence-corrected chi connectivity index (χ1v) is 8.27. The zero-order valence-electron chi connectivity index (χ0n) is 13.4. The van der Waals surface area contributed by atoms with Crippen LogP contribution in [0, 0.1) is 5.41 Å². The van der Waals surface area contributed by atoms with Gasteiger partial charge >= 0.3 is 6.03 Å². The summed E-state index contributed by atoms with van der Waals surface area (Å²) in [5.74, 6) is 1.19. The monoisotopic (exact) mass is 310 g/mol. The highest BCUT2D eigenvalue weighted by Gasteiger charge is 2.51. The standard InChI is InChI=1S/C18H22N4O/c1-21-16(8-11-19-21)20-17(23)22-12-15(14-6-3-2-4-7-14)18(13-22)9-5-10-18/h2-4,6-8,11,15H,5,9-10,12-13H2,1H3,(H,20,23)/t15-/m1/s1. The predicted molar refractivity (Wildman–Crippen MR) is 89.3 cm³/mol. The molecule has 23 heavy (non-hydrogen) atoms. The van der Waals surface area contributed by atoms with Crippen LogP contribution < -0.4 is 5.32 Å². The Morgan fingerprint density at radius 2 is 2.04 bits per heavy atom. The van der Waals surface area contributed by atoms with Crippen molar-refractivity contribution in [3.63, 3.8) is 0 Å². The van der Waals surface area contributed by atoms with Crippen molar-refractivity contribution in [2.24, 2.45) is 12.5 Å². The largest absolute Gasteiger partial charge is 0.323 e. The lowest BCUT2D eigenvalue weighted by atomic mass is 9.61. The molecule has 2 fully saturated rings. The molecule has 4 rings (SSSR count). The maximum atomic E-state index is 12.6. The van der Waals surface area contributed by atoms with Crippen LogP contribution in [0.4, 0.5) is 10.6 Å². The van der Waals surface area contributed by atoms with Gasteiger partial charge in [0.15, 0.2) is 0 Å². The van der Waals surface area contributed by atoms with Gasteiger partial charge in [0, 0.05) is 32.1 Å². The molecule has 0 bridgehead atoms. The van der Waals surface area contributed by atoms with Crippen LogP contribution in [-0.4, -0.2) is 33.8 Å². The molecule has 0 radical (unpaired) electrons. The number of carbonyl (C=O) groups is 1. The van der Waals surface area contributed by atoms with Crippen molar-refractivity contribution in [1.29, 1.82) is 0 Å². The van der Waals surface area contributed by atoms with Crippen molar-refractivity contribution < 1.29 is 4.79 Å². The summed E-state index contributed by atoms with van der Waals surface area (Å²) in [4.78, 5) is 14.6. The number of hydrogen-bond acceptors (Lipinski definition) is 2. The molecule has 5 nitrogen and oxygen atoms in total. The van der Waals surface area contributed by atoms with E-state index in [9.17, 15) is 4.79 Å². The predicted octanol–water partition coefficient (Wildman–Crippen LogP) is 3.22. The highest BCUT2D eigenvalue weighted by molar-refractivity contribution is 5.88. The number of aryl methyl sites for hydroxylation is 1. The zero-order valence-corrected chi connectivity index (χ0v) is 13.4. The average Bonchev–Trinajstić information content (AvgIpc) is 3.12. The van der Waals surface area contributed by atoms with Crippen LogP contribution in [0.25, 0.3) is 0 Å². The number of anilines is 1. The van der Waals surface area contributed by atoms with E-state index in [0.717, 1.165) is 18.9 Å². The molecule has 1 N–H and O–H groups in total. The SMILES string of the molecule is Cn1nccc1NC(=O)N1C[C@H](c2ccccc2)C2(CCC2)C1. The summed E-state index contributed by atoms with van der Waals surface area (Å²) in [5, 5.41) is 7.08. The molecule has 1 aromatic heterocycles. The molecular weight excluding hydrogens is 288 g/mol. The Balaban J connectivity index is 1.53. The number of aromatic nitrogens is 2. The van der Waals surface area contributed by atoms with E-state index in [2.05, 4.69) is 40.7 Å². The minimum Gasteiger partial charge on any atom is -0.323 e. The summed E-state index contributed by atoms with van der Waals surface area (Å²) < 4.78 is 1.68. The van der Waals surface area contributed by atoms with Crippen LogP contribution in [0.15, 0.2) is 42.6 Å². The quantitative estimate of drug-likeness (QED) is 0.926. The third-order valence-electron chi connectivity index (χ3n) is 5.54. The van der Waals surface area contributed by atoms with Gasteiger partial charge in [0.2, 0.25) is 0 Å². The smallest absolute Gasteiger partial charge is 0.323 e. The Bertz CT molecular complexity index is 705. The lowest BCUT2D eigenvalue weighted by molar-refractivity contribution is 0.125. The minimum atomic E-state index is -0.0155. The van der Waals surface area contributed by atoms with Gasteiger partial charge in [-0.2, -0.15) is 5.10 Å². The van der Waals surface area contributed by atoms with Gasteiger partial charge < -0.3 is 4.90 Å². The van der Waals surface area contributed by atoms with Crippen LogP contribution in [0.1, 0.15) is 30.7 Å². The highest BCUT2D eigenvalue weighted by Crippen LogP contribution is 2.55. The third-order valence-corrected chi connectivity index (χ3v) is 5.54. The van der Waals surface area contributed by atoms with E-state index in [-0.39, 0.29) is 11.4 Å². The lowest BCUT2D eigenvalue weighted by Gasteiger charge is -2.43. The number of urea groups is 1. The molecule has 1 aliphatic heterocycles. The van der Waals surface area contributed by atoms with Crippen LogP contribution in [0.3, 0.4) is 0 Å². The van der Waals surface area contributed by atoms with Crippen LogP contribution >= 0.6 is 0 Å². The van der Waals surface area contributed by atoms with E-state index in [1.165, 1.54) is 24.8 Å². The first-order valence-electron chi connectivity index (χ1n) is 8.27. The summed E-state index contributed by atoms with van der Waals surface area (Å²) in [6.07, 6.45) is 5.42. The van der Waals surface area contributed by atoms with E-state index < -0.39 is 0 Å². The molecule has 1 aromatic carbocycles. The maximum absolute atomic E-state index is 12.6. The molecule has 120 valence electrons. The second kappa shape index (κ2) is 5.41. The van der Waals surface area contributed by atoms with Crippen molar-refractivity contribution in [3.05, 3.63) is 48.2 Å².